The summed E-state index contributed by atoms with van der Waals surface area (Å²) >= 11 is 1.69. The van der Waals surface area contributed by atoms with Crippen LogP contribution in [0.5, 0.6) is 0 Å². The molecule has 0 aliphatic carbocycles. The molecule has 6 nitrogen and oxygen atoms in total. The monoisotopic (exact) mass is 382 g/mol. The molecule has 0 heterocycles. The normalized spacial score (nSPS) is 10.1. The van der Waals surface area contributed by atoms with E-state index in [-0.39, 0.29) is 27.9 Å². The molecule has 0 saturated heterocycles. The highest BCUT2D eigenvalue weighted by atomic mass is 127. The lowest BCUT2D eigenvalue weighted by molar-refractivity contribution is -0.384. The van der Waals surface area contributed by atoms with Crippen molar-refractivity contribution in [1.82, 2.24) is 0 Å². The zero-order chi connectivity index (χ0) is 14.6. The number of hydrogen-bond acceptors (Lipinski definition) is 5. The lowest BCUT2D eigenvalue weighted by Crippen LogP contribution is -2.22. The summed E-state index contributed by atoms with van der Waals surface area (Å²) in [6.07, 6.45) is 0.0672. The first kappa shape index (κ1) is 15.6. The maximum absolute atomic E-state index is 13.5. The van der Waals surface area contributed by atoms with Gasteiger partial charge >= 0.3 is 5.97 Å². The Morgan fingerprint density at radius 2 is 2.21 bits per heavy atom. The summed E-state index contributed by atoms with van der Waals surface area (Å²) in [5.41, 5.74) is -0.0648. The Morgan fingerprint density at radius 1 is 1.58 bits per heavy atom. The molecule has 0 spiro atoms. The van der Waals surface area contributed by atoms with E-state index in [9.17, 15) is 19.3 Å². The second kappa shape index (κ2) is 6.64. The van der Waals surface area contributed by atoms with Gasteiger partial charge in [-0.1, -0.05) is 0 Å². The van der Waals surface area contributed by atoms with E-state index >= 15 is 0 Å². The molecule has 0 atom stereocenters. The van der Waals surface area contributed by atoms with Crippen molar-refractivity contribution < 1.29 is 18.8 Å². The molecule has 19 heavy (non-hydrogen) atoms. The Morgan fingerprint density at radius 3 is 2.74 bits per heavy atom. The topological polar surface area (TPSA) is 72.7 Å². The first-order valence-corrected chi connectivity index (χ1v) is 6.36. The third-order valence-corrected chi connectivity index (χ3v) is 3.33. The van der Waals surface area contributed by atoms with E-state index in [1.165, 1.54) is 18.1 Å². The number of anilines is 1. The van der Waals surface area contributed by atoms with Gasteiger partial charge in [0.1, 0.15) is 11.5 Å². The van der Waals surface area contributed by atoms with Crippen molar-refractivity contribution in [1.29, 1.82) is 0 Å². The summed E-state index contributed by atoms with van der Waals surface area (Å²) in [5.74, 6) is -0.966. The predicted octanol–water partition coefficient (Wildman–Crippen LogP) is 2.34. The van der Waals surface area contributed by atoms with Gasteiger partial charge in [-0.2, -0.15) is 0 Å². The molecule has 1 aromatic rings. The highest BCUT2D eigenvalue weighted by Crippen LogP contribution is 2.31. The van der Waals surface area contributed by atoms with Gasteiger partial charge in [0.2, 0.25) is 0 Å². The molecule has 104 valence electrons. The zero-order valence-corrected chi connectivity index (χ0v) is 12.5. The molecular formula is C11H12FIN2O4. The van der Waals surface area contributed by atoms with E-state index in [2.05, 4.69) is 4.74 Å². The fourth-order valence-corrected chi connectivity index (χ4v) is 1.91. The van der Waals surface area contributed by atoms with Crippen LogP contribution in [-0.2, 0) is 9.53 Å². The zero-order valence-electron chi connectivity index (χ0n) is 10.4. The van der Waals surface area contributed by atoms with E-state index in [0.717, 1.165) is 6.07 Å². The van der Waals surface area contributed by atoms with Crippen LogP contribution in [0.25, 0.3) is 0 Å². The van der Waals surface area contributed by atoms with Gasteiger partial charge in [-0.15, -0.1) is 0 Å². The second-order valence-corrected chi connectivity index (χ2v) is 4.92. The minimum atomic E-state index is -0.578. The number of halogens is 2. The average Bonchev–Trinajstić information content (AvgIpc) is 2.37. The number of carbonyl (C=O) groups excluding carboxylic acids is 1. The summed E-state index contributed by atoms with van der Waals surface area (Å²) in [7, 11) is 2.81. The smallest absolute Gasteiger partial charge is 0.307 e. The van der Waals surface area contributed by atoms with Gasteiger partial charge in [-0.25, -0.2) is 4.39 Å². The third kappa shape index (κ3) is 4.01. The standard InChI is InChI=1S/C11H12FIN2O4/c1-14(4-3-11(16)19-2)9-5-7(12)8(13)6-10(9)15(17)18/h5-6H,3-4H2,1-2H3. The van der Waals surface area contributed by atoms with Gasteiger partial charge in [0, 0.05) is 25.7 Å². The van der Waals surface area contributed by atoms with Crippen molar-refractivity contribution in [2.75, 3.05) is 25.6 Å². The molecule has 0 N–H and O–H groups in total. The van der Waals surface area contributed by atoms with Crippen molar-refractivity contribution in [3.63, 3.8) is 0 Å². The van der Waals surface area contributed by atoms with Crippen LogP contribution in [0.4, 0.5) is 15.8 Å². The van der Waals surface area contributed by atoms with Crippen molar-refractivity contribution in [2.45, 2.75) is 6.42 Å². The lowest BCUT2D eigenvalue weighted by Gasteiger charge is -2.18. The highest BCUT2D eigenvalue weighted by molar-refractivity contribution is 14.1. The Balaban J connectivity index is 3.01. The molecule has 1 rings (SSSR count). The van der Waals surface area contributed by atoms with Gasteiger partial charge < -0.3 is 9.64 Å². The minimum absolute atomic E-state index is 0.0672. The Bertz CT molecular complexity index is 510. The molecule has 0 radical (unpaired) electrons. The summed E-state index contributed by atoms with van der Waals surface area (Å²) in [6, 6.07) is 2.26. The molecule has 0 aliphatic heterocycles. The number of rotatable bonds is 5. The Kier molecular flexibility index (Phi) is 5.45. The number of methoxy groups -OCH3 is 1. The number of esters is 1. The van der Waals surface area contributed by atoms with Gasteiger partial charge in [-0.05, 0) is 22.6 Å². The SMILES string of the molecule is COC(=O)CCN(C)c1cc(F)c(I)cc1[N+](=O)[O-]. The predicted molar refractivity (Wildman–Crippen MR) is 75.7 cm³/mol. The van der Waals surface area contributed by atoms with E-state index < -0.39 is 16.7 Å². The molecule has 0 aliphatic rings. The number of benzene rings is 1. The first-order valence-electron chi connectivity index (χ1n) is 5.28. The minimum Gasteiger partial charge on any atom is -0.469 e. The summed E-state index contributed by atoms with van der Waals surface area (Å²) < 4.78 is 18.2. The number of nitrogens with zero attached hydrogens (tertiary/aromatic N) is 2. The van der Waals surface area contributed by atoms with Crippen LogP contribution in [0.3, 0.4) is 0 Å². The molecule has 0 saturated carbocycles. The molecular weight excluding hydrogens is 370 g/mol. The van der Waals surface area contributed by atoms with Crippen LogP contribution < -0.4 is 4.90 Å². The van der Waals surface area contributed by atoms with Crippen molar-refractivity contribution in [3.8, 4) is 0 Å². The number of hydrogen-bond donors (Lipinski definition) is 0. The van der Waals surface area contributed by atoms with E-state index in [1.807, 2.05) is 0 Å². The summed E-state index contributed by atoms with van der Waals surface area (Å²) in [5, 5.41) is 10.9. The van der Waals surface area contributed by atoms with Crippen LogP contribution in [-0.4, -0.2) is 31.6 Å². The van der Waals surface area contributed by atoms with Crippen molar-refractivity contribution >= 4 is 39.9 Å². The molecule has 0 fully saturated rings. The van der Waals surface area contributed by atoms with E-state index in [4.69, 9.17) is 0 Å². The van der Waals surface area contributed by atoms with Crippen LogP contribution in [0.2, 0.25) is 0 Å². The van der Waals surface area contributed by atoms with Crippen LogP contribution in [0.15, 0.2) is 12.1 Å². The van der Waals surface area contributed by atoms with E-state index in [1.54, 1.807) is 29.6 Å². The number of carbonyl (C=O) groups is 1. The third-order valence-electron chi connectivity index (χ3n) is 2.50. The quantitative estimate of drug-likeness (QED) is 0.338. The molecule has 0 aromatic heterocycles. The molecule has 0 unspecified atom stereocenters. The molecule has 1 aromatic carbocycles. The largest absolute Gasteiger partial charge is 0.469 e. The van der Waals surface area contributed by atoms with Gasteiger partial charge in [0.15, 0.2) is 0 Å². The Labute approximate surface area is 122 Å². The Hall–Kier alpha value is -1.45. The lowest BCUT2D eigenvalue weighted by atomic mass is 10.2. The maximum atomic E-state index is 13.5. The van der Waals surface area contributed by atoms with Crippen LogP contribution in [0, 0.1) is 19.5 Å². The highest BCUT2D eigenvalue weighted by Gasteiger charge is 2.20. The van der Waals surface area contributed by atoms with Gasteiger partial charge in [0.25, 0.3) is 5.69 Å². The van der Waals surface area contributed by atoms with Crippen molar-refractivity contribution in [2.24, 2.45) is 0 Å². The maximum Gasteiger partial charge on any atom is 0.307 e. The van der Waals surface area contributed by atoms with Crippen LogP contribution in [0.1, 0.15) is 6.42 Å². The number of ether oxygens (including phenoxy) is 1. The van der Waals surface area contributed by atoms with Gasteiger partial charge in [0.05, 0.1) is 22.0 Å². The fraction of sp³-hybridized carbons (Fsp3) is 0.364. The molecule has 0 bridgehead atoms. The second-order valence-electron chi connectivity index (χ2n) is 3.76. The van der Waals surface area contributed by atoms with Gasteiger partial charge in [-0.3, -0.25) is 14.9 Å². The fourth-order valence-electron chi connectivity index (χ4n) is 1.46. The summed E-state index contributed by atoms with van der Waals surface area (Å²) in [6.45, 7) is 0.202. The van der Waals surface area contributed by atoms with E-state index in [0.29, 0.717) is 0 Å². The molecule has 8 heteroatoms. The molecule has 0 amide bonds. The van der Waals surface area contributed by atoms with Crippen molar-refractivity contribution in [3.05, 3.63) is 31.6 Å². The number of nitro groups is 1. The number of nitro benzene ring substituents is 1. The summed E-state index contributed by atoms with van der Waals surface area (Å²) in [4.78, 5) is 22.8. The average molecular weight is 382 g/mol. The van der Waals surface area contributed by atoms with Crippen LogP contribution >= 0.6 is 22.6 Å². The first-order chi connectivity index (χ1) is 8.86.